The molecule has 0 saturated heterocycles. The van der Waals surface area contributed by atoms with E-state index in [1.54, 1.807) is 6.26 Å². The molecule has 0 aromatic carbocycles. The largest absolute Gasteiger partial charge is 0.468 e. The predicted octanol–water partition coefficient (Wildman–Crippen LogP) is 4.43. The van der Waals surface area contributed by atoms with Gasteiger partial charge in [0.1, 0.15) is 5.76 Å². The monoisotopic (exact) mass is 345 g/mol. The fourth-order valence-electron chi connectivity index (χ4n) is 2.57. The van der Waals surface area contributed by atoms with Gasteiger partial charge in [-0.1, -0.05) is 19.0 Å². The second-order valence-electron chi connectivity index (χ2n) is 6.44. The highest BCUT2D eigenvalue weighted by Gasteiger charge is 2.15. The van der Waals surface area contributed by atoms with Gasteiger partial charge in [-0.2, -0.15) is 4.98 Å². The topological polar surface area (TPSA) is 55.3 Å². The molecule has 0 radical (unpaired) electrons. The smallest absolute Gasteiger partial charge is 0.240 e. The number of hydrogen-bond donors (Lipinski definition) is 0. The zero-order chi connectivity index (χ0) is 16.9. The summed E-state index contributed by atoms with van der Waals surface area (Å²) in [6.45, 7) is 8.59. The van der Waals surface area contributed by atoms with Crippen LogP contribution in [-0.4, -0.2) is 15.0 Å². The molecular formula is C18H23N3O2S. The van der Waals surface area contributed by atoms with E-state index in [9.17, 15) is 0 Å². The Hall–Kier alpha value is -1.92. The molecule has 0 N–H and O–H groups in total. The third-order valence-electron chi connectivity index (χ3n) is 3.59. The standard InChI is InChI=1S/C18H23N3O2S/c1-13(2)9-17-19-18(23-20-17)12-21(10-15-5-4-8-22-15)11-16-7-6-14(3)24-16/h4-8,13H,9-12H2,1-3H3. The molecule has 3 aromatic rings. The summed E-state index contributed by atoms with van der Waals surface area (Å²) >= 11 is 1.81. The molecule has 0 unspecified atom stereocenters. The zero-order valence-electron chi connectivity index (χ0n) is 14.4. The highest BCUT2D eigenvalue weighted by Crippen LogP contribution is 2.20. The lowest BCUT2D eigenvalue weighted by Crippen LogP contribution is -2.22. The Bertz CT molecular complexity index is 746. The molecule has 128 valence electrons. The van der Waals surface area contributed by atoms with Gasteiger partial charge >= 0.3 is 0 Å². The third kappa shape index (κ3) is 4.79. The Labute approximate surface area is 146 Å². The molecule has 0 saturated carbocycles. The van der Waals surface area contributed by atoms with Crippen molar-refractivity contribution in [3.8, 4) is 0 Å². The third-order valence-corrected chi connectivity index (χ3v) is 4.58. The Balaban J connectivity index is 1.70. The van der Waals surface area contributed by atoms with Crippen molar-refractivity contribution in [3.05, 3.63) is 57.8 Å². The van der Waals surface area contributed by atoms with Crippen molar-refractivity contribution < 1.29 is 8.94 Å². The molecule has 6 heteroatoms. The maximum atomic E-state index is 5.50. The van der Waals surface area contributed by atoms with Gasteiger partial charge in [0.15, 0.2) is 5.82 Å². The van der Waals surface area contributed by atoms with Crippen LogP contribution < -0.4 is 0 Å². The Morgan fingerprint density at radius 3 is 2.71 bits per heavy atom. The molecule has 0 atom stereocenters. The van der Waals surface area contributed by atoms with Crippen LogP contribution in [0.5, 0.6) is 0 Å². The minimum atomic E-state index is 0.517. The highest BCUT2D eigenvalue weighted by molar-refractivity contribution is 7.11. The van der Waals surface area contributed by atoms with Gasteiger partial charge < -0.3 is 8.94 Å². The molecule has 0 aliphatic rings. The van der Waals surface area contributed by atoms with E-state index in [4.69, 9.17) is 8.94 Å². The Morgan fingerprint density at radius 2 is 2.04 bits per heavy atom. The second kappa shape index (κ2) is 7.77. The van der Waals surface area contributed by atoms with E-state index in [0.717, 1.165) is 24.6 Å². The van der Waals surface area contributed by atoms with Crippen LogP contribution in [0.25, 0.3) is 0 Å². The molecular weight excluding hydrogens is 322 g/mol. The van der Waals surface area contributed by atoms with Crippen molar-refractivity contribution in [2.24, 2.45) is 5.92 Å². The summed E-state index contributed by atoms with van der Waals surface area (Å²) in [6.07, 6.45) is 2.54. The van der Waals surface area contributed by atoms with Crippen LogP contribution in [0, 0.1) is 12.8 Å². The van der Waals surface area contributed by atoms with Gasteiger partial charge in [0.05, 0.1) is 19.4 Å². The highest BCUT2D eigenvalue weighted by atomic mass is 32.1. The molecule has 0 fully saturated rings. The fraction of sp³-hybridized carbons (Fsp3) is 0.444. The number of furan rings is 1. The first-order valence-electron chi connectivity index (χ1n) is 8.20. The lowest BCUT2D eigenvalue weighted by molar-refractivity contribution is 0.198. The lowest BCUT2D eigenvalue weighted by Gasteiger charge is -2.18. The van der Waals surface area contributed by atoms with Crippen LogP contribution >= 0.6 is 11.3 Å². The summed E-state index contributed by atoms with van der Waals surface area (Å²) in [5, 5.41) is 4.08. The SMILES string of the molecule is Cc1ccc(CN(Cc2ccco2)Cc2nc(CC(C)C)no2)s1. The van der Waals surface area contributed by atoms with Gasteiger partial charge in [-0.15, -0.1) is 11.3 Å². The predicted molar refractivity (Wildman–Crippen MR) is 93.6 cm³/mol. The van der Waals surface area contributed by atoms with E-state index in [2.05, 4.69) is 47.9 Å². The minimum Gasteiger partial charge on any atom is -0.468 e. The first kappa shape index (κ1) is 16.9. The summed E-state index contributed by atoms with van der Waals surface area (Å²) in [6, 6.07) is 8.23. The zero-order valence-corrected chi connectivity index (χ0v) is 15.2. The van der Waals surface area contributed by atoms with Crippen LogP contribution in [0.4, 0.5) is 0 Å². The molecule has 0 spiro atoms. The summed E-state index contributed by atoms with van der Waals surface area (Å²) in [5.74, 6) is 2.89. The summed E-state index contributed by atoms with van der Waals surface area (Å²) in [4.78, 5) is 9.42. The number of aromatic nitrogens is 2. The molecule has 0 bridgehead atoms. The summed E-state index contributed by atoms with van der Waals surface area (Å²) in [5.41, 5.74) is 0. The van der Waals surface area contributed by atoms with E-state index < -0.39 is 0 Å². The normalized spacial score (nSPS) is 11.7. The molecule has 5 nitrogen and oxygen atoms in total. The Morgan fingerprint density at radius 1 is 1.17 bits per heavy atom. The molecule has 0 aliphatic carbocycles. The maximum absolute atomic E-state index is 5.50. The van der Waals surface area contributed by atoms with E-state index in [0.29, 0.717) is 24.9 Å². The molecule has 3 aromatic heterocycles. The van der Waals surface area contributed by atoms with E-state index in [1.165, 1.54) is 9.75 Å². The minimum absolute atomic E-state index is 0.517. The van der Waals surface area contributed by atoms with Gasteiger partial charge in [-0.3, -0.25) is 4.90 Å². The molecule has 0 aliphatic heterocycles. The van der Waals surface area contributed by atoms with E-state index in [-0.39, 0.29) is 0 Å². The van der Waals surface area contributed by atoms with Gasteiger partial charge in [-0.05, 0) is 37.1 Å². The second-order valence-corrected chi connectivity index (χ2v) is 7.81. The van der Waals surface area contributed by atoms with Crippen LogP contribution in [0.3, 0.4) is 0 Å². The first-order valence-corrected chi connectivity index (χ1v) is 9.01. The number of hydrogen-bond acceptors (Lipinski definition) is 6. The maximum Gasteiger partial charge on any atom is 0.240 e. The molecule has 3 rings (SSSR count). The van der Waals surface area contributed by atoms with Crippen LogP contribution in [0.1, 0.15) is 41.1 Å². The summed E-state index contributed by atoms with van der Waals surface area (Å²) < 4.78 is 10.9. The average molecular weight is 345 g/mol. The quantitative estimate of drug-likeness (QED) is 0.604. The molecule has 3 heterocycles. The van der Waals surface area contributed by atoms with Crippen LogP contribution in [-0.2, 0) is 26.1 Å². The van der Waals surface area contributed by atoms with Gasteiger partial charge in [0, 0.05) is 22.7 Å². The molecule has 24 heavy (non-hydrogen) atoms. The number of thiophene rings is 1. The van der Waals surface area contributed by atoms with E-state index in [1.807, 2.05) is 23.5 Å². The number of rotatable bonds is 8. The van der Waals surface area contributed by atoms with Crippen molar-refractivity contribution in [1.29, 1.82) is 0 Å². The van der Waals surface area contributed by atoms with Crippen molar-refractivity contribution in [1.82, 2.24) is 15.0 Å². The number of aryl methyl sites for hydroxylation is 1. The summed E-state index contributed by atoms with van der Waals surface area (Å²) in [7, 11) is 0. The van der Waals surface area contributed by atoms with Crippen LogP contribution in [0.15, 0.2) is 39.5 Å². The van der Waals surface area contributed by atoms with Crippen molar-refractivity contribution >= 4 is 11.3 Å². The van der Waals surface area contributed by atoms with Crippen LogP contribution in [0.2, 0.25) is 0 Å². The van der Waals surface area contributed by atoms with Crippen molar-refractivity contribution in [2.75, 3.05) is 0 Å². The van der Waals surface area contributed by atoms with Crippen molar-refractivity contribution in [3.63, 3.8) is 0 Å². The lowest BCUT2D eigenvalue weighted by atomic mass is 10.1. The van der Waals surface area contributed by atoms with Gasteiger partial charge in [0.25, 0.3) is 0 Å². The van der Waals surface area contributed by atoms with Gasteiger partial charge in [-0.25, -0.2) is 0 Å². The number of nitrogens with zero attached hydrogens (tertiary/aromatic N) is 3. The Kier molecular flexibility index (Phi) is 5.48. The van der Waals surface area contributed by atoms with Gasteiger partial charge in [0.2, 0.25) is 5.89 Å². The fourth-order valence-corrected chi connectivity index (χ4v) is 3.51. The molecule has 0 amide bonds. The van der Waals surface area contributed by atoms with Crippen molar-refractivity contribution in [2.45, 2.75) is 46.8 Å². The first-order chi connectivity index (χ1) is 11.6. The van der Waals surface area contributed by atoms with E-state index >= 15 is 0 Å². The average Bonchev–Trinajstić information content (AvgIpc) is 3.23.